The van der Waals surface area contributed by atoms with E-state index in [4.69, 9.17) is 9.84 Å². The van der Waals surface area contributed by atoms with Crippen molar-refractivity contribution in [1.29, 1.82) is 0 Å². The zero-order chi connectivity index (χ0) is 17.0. The molecule has 1 aromatic carbocycles. The van der Waals surface area contributed by atoms with Crippen molar-refractivity contribution < 1.29 is 14.6 Å². The second-order valence-electron chi connectivity index (χ2n) is 7.16. The van der Waals surface area contributed by atoms with Gasteiger partial charge in [0.15, 0.2) is 0 Å². The molecular formula is C18H28N2O3. The summed E-state index contributed by atoms with van der Waals surface area (Å²) in [6, 6.07) is 6.49. The van der Waals surface area contributed by atoms with Crippen molar-refractivity contribution in [3.63, 3.8) is 0 Å². The van der Waals surface area contributed by atoms with E-state index in [0.29, 0.717) is 13.1 Å². The Kier molecular flexibility index (Phi) is 5.65. The van der Waals surface area contributed by atoms with Gasteiger partial charge in [0.2, 0.25) is 0 Å². The molecule has 0 saturated carbocycles. The molecule has 0 bridgehead atoms. The van der Waals surface area contributed by atoms with E-state index in [-0.39, 0.29) is 18.7 Å². The maximum atomic E-state index is 12.3. The van der Waals surface area contributed by atoms with Crippen LogP contribution in [-0.2, 0) is 24.2 Å². The minimum absolute atomic E-state index is 0.123. The largest absolute Gasteiger partial charge is 0.444 e. The Morgan fingerprint density at radius 1 is 1.39 bits per heavy atom. The van der Waals surface area contributed by atoms with Crippen molar-refractivity contribution in [2.45, 2.75) is 58.8 Å². The first-order valence-corrected chi connectivity index (χ1v) is 8.22. The van der Waals surface area contributed by atoms with Crippen molar-refractivity contribution in [3.05, 3.63) is 34.9 Å². The monoisotopic (exact) mass is 320 g/mol. The van der Waals surface area contributed by atoms with E-state index in [1.807, 2.05) is 20.8 Å². The summed E-state index contributed by atoms with van der Waals surface area (Å²) >= 11 is 0. The van der Waals surface area contributed by atoms with Crippen LogP contribution in [0.2, 0.25) is 0 Å². The Hall–Kier alpha value is -1.59. The molecule has 0 saturated heterocycles. The van der Waals surface area contributed by atoms with Gasteiger partial charge in [0.25, 0.3) is 0 Å². The molecule has 1 unspecified atom stereocenters. The van der Waals surface area contributed by atoms with Gasteiger partial charge in [-0.1, -0.05) is 18.2 Å². The average molecular weight is 320 g/mol. The highest BCUT2D eigenvalue weighted by molar-refractivity contribution is 5.69. The normalized spacial score (nSPS) is 17.8. The molecule has 0 spiro atoms. The summed E-state index contributed by atoms with van der Waals surface area (Å²) in [6.07, 6.45) is 0.590. The van der Waals surface area contributed by atoms with Crippen LogP contribution >= 0.6 is 0 Å². The minimum atomic E-state index is -0.473. The lowest BCUT2D eigenvalue weighted by atomic mass is 9.93. The number of hydrogen-bond donors (Lipinski definition) is 2. The second-order valence-corrected chi connectivity index (χ2v) is 7.16. The smallest absolute Gasteiger partial charge is 0.410 e. The van der Waals surface area contributed by atoms with Crippen LogP contribution < -0.4 is 5.32 Å². The van der Waals surface area contributed by atoms with Crippen molar-refractivity contribution >= 4 is 6.09 Å². The van der Waals surface area contributed by atoms with Gasteiger partial charge in [-0.15, -0.1) is 0 Å². The van der Waals surface area contributed by atoms with E-state index in [0.717, 1.165) is 13.0 Å². The van der Waals surface area contributed by atoms with Gasteiger partial charge < -0.3 is 20.1 Å². The molecule has 0 aromatic heterocycles. The highest BCUT2D eigenvalue weighted by Crippen LogP contribution is 2.26. The second kappa shape index (κ2) is 7.32. The van der Waals surface area contributed by atoms with Gasteiger partial charge in [-0.3, -0.25) is 0 Å². The molecule has 1 aliphatic heterocycles. The van der Waals surface area contributed by atoms with E-state index >= 15 is 0 Å². The van der Waals surface area contributed by atoms with Gasteiger partial charge in [0.05, 0.1) is 6.61 Å². The molecule has 128 valence electrons. The zero-order valence-electron chi connectivity index (χ0n) is 14.6. The average Bonchev–Trinajstić information content (AvgIpc) is 2.44. The maximum absolute atomic E-state index is 12.3. The molecule has 1 aliphatic rings. The van der Waals surface area contributed by atoms with Gasteiger partial charge in [0, 0.05) is 25.7 Å². The fourth-order valence-electron chi connectivity index (χ4n) is 2.78. The fourth-order valence-corrected chi connectivity index (χ4v) is 2.78. The zero-order valence-corrected chi connectivity index (χ0v) is 14.6. The third-order valence-corrected chi connectivity index (χ3v) is 3.90. The lowest BCUT2D eigenvalue weighted by Crippen LogP contribution is -2.45. The summed E-state index contributed by atoms with van der Waals surface area (Å²) in [4.78, 5) is 14.1. The van der Waals surface area contributed by atoms with Crippen molar-refractivity contribution in [2.24, 2.45) is 0 Å². The third-order valence-electron chi connectivity index (χ3n) is 3.90. The Balaban J connectivity index is 2.06. The third kappa shape index (κ3) is 4.94. The van der Waals surface area contributed by atoms with Gasteiger partial charge in [-0.25, -0.2) is 4.79 Å². The van der Waals surface area contributed by atoms with E-state index in [1.54, 1.807) is 4.90 Å². The van der Waals surface area contributed by atoms with E-state index in [2.05, 4.69) is 30.4 Å². The number of aliphatic hydroxyl groups excluding tert-OH is 1. The minimum Gasteiger partial charge on any atom is -0.444 e. The summed E-state index contributed by atoms with van der Waals surface area (Å²) in [5, 5.41) is 12.0. The van der Waals surface area contributed by atoms with Crippen LogP contribution in [0.4, 0.5) is 4.79 Å². The molecule has 1 atom stereocenters. The van der Waals surface area contributed by atoms with E-state index in [1.165, 1.54) is 16.7 Å². The quantitative estimate of drug-likeness (QED) is 0.837. The molecule has 1 heterocycles. The number of carbonyl (C=O) groups excluding carboxylic acids is 1. The lowest BCUT2D eigenvalue weighted by Gasteiger charge is -2.36. The van der Waals surface area contributed by atoms with Gasteiger partial charge in [-0.05, 0) is 50.8 Å². The van der Waals surface area contributed by atoms with Crippen LogP contribution in [-0.4, -0.2) is 40.9 Å². The van der Waals surface area contributed by atoms with Crippen molar-refractivity contribution in [3.8, 4) is 0 Å². The summed E-state index contributed by atoms with van der Waals surface area (Å²) in [7, 11) is 0. The predicted octanol–water partition coefficient (Wildman–Crippen LogP) is 2.45. The molecule has 0 aliphatic carbocycles. The number of aliphatic hydroxyl groups is 1. The molecular weight excluding hydrogens is 292 g/mol. The molecule has 2 N–H and O–H groups in total. The van der Waals surface area contributed by atoms with E-state index < -0.39 is 5.60 Å². The van der Waals surface area contributed by atoms with Crippen LogP contribution in [0.3, 0.4) is 0 Å². The number of nitrogens with one attached hydrogen (secondary N) is 1. The number of hydrogen-bond acceptors (Lipinski definition) is 4. The van der Waals surface area contributed by atoms with Gasteiger partial charge in [0.1, 0.15) is 5.60 Å². The maximum Gasteiger partial charge on any atom is 0.410 e. The summed E-state index contributed by atoms with van der Waals surface area (Å²) in [6.45, 7) is 9.81. The summed E-state index contributed by atoms with van der Waals surface area (Å²) in [5.41, 5.74) is 3.20. The van der Waals surface area contributed by atoms with Crippen LogP contribution in [0.15, 0.2) is 18.2 Å². The number of ether oxygens (including phenoxy) is 1. The molecule has 0 fully saturated rings. The van der Waals surface area contributed by atoms with Crippen molar-refractivity contribution in [1.82, 2.24) is 10.2 Å². The van der Waals surface area contributed by atoms with Crippen LogP contribution in [0.1, 0.15) is 44.4 Å². The van der Waals surface area contributed by atoms with Gasteiger partial charge >= 0.3 is 6.09 Å². The first-order chi connectivity index (χ1) is 10.8. The van der Waals surface area contributed by atoms with Crippen LogP contribution in [0, 0.1) is 0 Å². The van der Waals surface area contributed by atoms with Crippen molar-refractivity contribution in [2.75, 3.05) is 13.2 Å². The first-order valence-electron chi connectivity index (χ1n) is 8.22. The number of carbonyl (C=O) groups is 1. The highest BCUT2D eigenvalue weighted by atomic mass is 16.6. The molecule has 2 rings (SSSR count). The number of amides is 1. The molecule has 5 nitrogen and oxygen atoms in total. The van der Waals surface area contributed by atoms with Crippen LogP contribution in [0.5, 0.6) is 0 Å². The topological polar surface area (TPSA) is 61.8 Å². The Bertz CT molecular complexity index is 552. The predicted molar refractivity (Wildman–Crippen MR) is 90.2 cm³/mol. The highest BCUT2D eigenvalue weighted by Gasteiger charge is 2.30. The molecule has 5 heteroatoms. The number of benzene rings is 1. The SMILES string of the molecule is CC1Cc2cc(CNCCO)ccc2CN1C(=O)OC(C)(C)C. The van der Waals surface area contributed by atoms with E-state index in [9.17, 15) is 4.79 Å². The fraction of sp³-hybridized carbons (Fsp3) is 0.611. The standard InChI is InChI=1S/C18H28N2O3/c1-13-9-16-10-14(11-19-7-8-21)5-6-15(16)12-20(13)17(22)23-18(2,3)4/h5-6,10,13,19,21H,7-9,11-12H2,1-4H3. The number of rotatable bonds is 4. The van der Waals surface area contributed by atoms with Gasteiger partial charge in [-0.2, -0.15) is 0 Å². The van der Waals surface area contributed by atoms with Crippen LogP contribution in [0.25, 0.3) is 0 Å². The Morgan fingerprint density at radius 2 is 2.13 bits per heavy atom. The molecule has 1 aromatic rings. The molecule has 23 heavy (non-hydrogen) atoms. The summed E-state index contributed by atoms with van der Waals surface area (Å²) in [5.74, 6) is 0. The lowest BCUT2D eigenvalue weighted by molar-refractivity contribution is 0.0138. The molecule has 1 amide bonds. The Labute approximate surface area is 138 Å². The summed E-state index contributed by atoms with van der Waals surface area (Å²) < 4.78 is 5.51. The Morgan fingerprint density at radius 3 is 2.78 bits per heavy atom. The molecule has 0 radical (unpaired) electrons. The number of fused-ring (bicyclic) bond motifs is 1. The first kappa shape index (κ1) is 17.8. The number of nitrogens with zero attached hydrogens (tertiary/aromatic N) is 1.